The molecule has 1 aromatic rings. The lowest BCUT2D eigenvalue weighted by atomic mass is 9.66. The molecular formula is C24H35O4S+. The van der Waals surface area contributed by atoms with E-state index in [1.807, 2.05) is 0 Å². The monoisotopic (exact) mass is 419 g/mol. The van der Waals surface area contributed by atoms with Crippen molar-refractivity contribution in [2.45, 2.75) is 81.1 Å². The second-order valence-electron chi connectivity index (χ2n) is 9.51. The van der Waals surface area contributed by atoms with Gasteiger partial charge >= 0.3 is 0 Å². The van der Waals surface area contributed by atoms with Gasteiger partial charge in [0.1, 0.15) is 28.5 Å². The number of hydrogen-bond acceptors (Lipinski definition) is 4. The maximum atomic E-state index is 12.0. The minimum Gasteiger partial charge on any atom is -0.390 e. The second kappa shape index (κ2) is 8.01. The third-order valence-electron chi connectivity index (χ3n) is 7.06. The van der Waals surface area contributed by atoms with E-state index >= 15 is 0 Å². The van der Waals surface area contributed by atoms with Crippen LogP contribution in [-0.4, -0.2) is 52.6 Å². The van der Waals surface area contributed by atoms with Gasteiger partial charge in [-0.05, 0) is 50.9 Å². The van der Waals surface area contributed by atoms with E-state index in [0.717, 1.165) is 23.7 Å². The standard InChI is InChI=1S/C24H35O4S/c1-16(2)9-10-20-23(3,28-20)22-21(27-4)19(25)11-12-24(22,26)15-29-13-17-7-5-6-8-18(17)14-29/h5-9,19-22,25-26H,10-15H2,1-4H3/q+1/t19-,20-,21-,22-,23+,24+/m1/s1. The number of fused-ring (bicyclic) bond motifs is 1. The zero-order valence-corrected chi connectivity index (χ0v) is 18.9. The highest BCUT2D eigenvalue weighted by atomic mass is 32.2. The lowest BCUT2D eigenvalue weighted by Gasteiger charge is -2.47. The van der Waals surface area contributed by atoms with E-state index in [2.05, 4.69) is 51.1 Å². The van der Waals surface area contributed by atoms with Gasteiger partial charge < -0.3 is 19.7 Å². The average molecular weight is 420 g/mol. The number of epoxide rings is 1. The van der Waals surface area contributed by atoms with E-state index in [9.17, 15) is 10.2 Å². The smallest absolute Gasteiger partial charge is 0.137 e. The summed E-state index contributed by atoms with van der Waals surface area (Å²) in [5, 5.41) is 22.6. The van der Waals surface area contributed by atoms with Crippen LogP contribution in [0.25, 0.3) is 0 Å². The van der Waals surface area contributed by atoms with Gasteiger partial charge in [0.05, 0.1) is 24.2 Å². The minimum absolute atomic E-state index is 0.0704. The third kappa shape index (κ3) is 4.05. The van der Waals surface area contributed by atoms with Crippen LogP contribution in [0.4, 0.5) is 0 Å². The molecule has 0 amide bonds. The third-order valence-corrected chi connectivity index (χ3v) is 9.41. The topological polar surface area (TPSA) is 62.2 Å². The fraction of sp³-hybridized carbons (Fsp3) is 0.667. The summed E-state index contributed by atoms with van der Waals surface area (Å²) >= 11 is 0. The molecule has 1 saturated carbocycles. The van der Waals surface area contributed by atoms with Gasteiger partial charge in [0.2, 0.25) is 0 Å². The molecule has 2 heterocycles. The summed E-state index contributed by atoms with van der Waals surface area (Å²) in [5.41, 5.74) is 2.78. The molecule has 0 aromatic heterocycles. The first kappa shape index (κ1) is 21.4. The summed E-state index contributed by atoms with van der Waals surface area (Å²) in [6, 6.07) is 8.64. The number of aliphatic hydroxyl groups excluding tert-OH is 1. The van der Waals surface area contributed by atoms with E-state index in [1.54, 1.807) is 7.11 Å². The lowest BCUT2D eigenvalue weighted by molar-refractivity contribution is -0.169. The zero-order chi connectivity index (χ0) is 20.8. The highest BCUT2D eigenvalue weighted by Crippen LogP contribution is 2.55. The summed E-state index contributed by atoms with van der Waals surface area (Å²) < 4.78 is 12.0. The summed E-state index contributed by atoms with van der Waals surface area (Å²) in [6.45, 7) is 6.29. The molecule has 5 heteroatoms. The molecule has 4 rings (SSSR count). The van der Waals surface area contributed by atoms with Gasteiger partial charge in [0, 0.05) is 18.2 Å². The van der Waals surface area contributed by atoms with Crippen LogP contribution in [0.1, 0.15) is 51.2 Å². The first-order valence-electron chi connectivity index (χ1n) is 10.7. The Hall–Kier alpha value is -0.850. The fourth-order valence-corrected chi connectivity index (χ4v) is 8.30. The molecule has 2 fully saturated rings. The van der Waals surface area contributed by atoms with Crippen LogP contribution < -0.4 is 0 Å². The Balaban J connectivity index is 1.56. The fourth-order valence-electron chi connectivity index (χ4n) is 5.52. The van der Waals surface area contributed by atoms with Crippen LogP contribution in [0.15, 0.2) is 35.9 Å². The number of allylic oxidation sites excluding steroid dienone is 1. The molecule has 29 heavy (non-hydrogen) atoms. The Morgan fingerprint density at radius 3 is 2.52 bits per heavy atom. The second-order valence-corrected chi connectivity index (χ2v) is 11.6. The van der Waals surface area contributed by atoms with Gasteiger partial charge in [-0.25, -0.2) is 0 Å². The van der Waals surface area contributed by atoms with Gasteiger partial charge in [-0.15, -0.1) is 0 Å². The predicted octanol–water partition coefficient (Wildman–Crippen LogP) is 3.35. The normalized spacial score (nSPS) is 39.2. The molecule has 1 aromatic carbocycles. The molecule has 2 N–H and O–H groups in total. The Morgan fingerprint density at radius 2 is 1.93 bits per heavy atom. The minimum atomic E-state index is -0.875. The van der Waals surface area contributed by atoms with Gasteiger partial charge in [-0.2, -0.15) is 0 Å². The molecule has 3 aliphatic rings. The number of hydrogen-bond donors (Lipinski definition) is 2. The van der Waals surface area contributed by atoms with E-state index < -0.39 is 23.4 Å². The van der Waals surface area contributed by atoms with E-state index in [4.69, 9.17) is 9.47 Å². The van der Waals surface area contributed by atoms with Crippen LogP contribution in [0.3, 0.4) is 0 Å². The van der Waals surface area contributed by atoms with Crippen molar-refractivity contribution >= 4 is 10.9 Å². The molecule has 0 bridgehead atoms. The van der Waals surface area contributed by atoms with Crippen LogP contribution in [0.2, 0.25) is 0 Å². The first-order valence-corrected chi connectivity index (χ1v) is 12.5. The summed E-state index contributed by atoms with van der Waals surface area (Å²) in [6.07, 6.45) is 3.34. The lowest BCUT2D eigenvalue weighted by Crippen LogP contribution is -2.62. The highest BCUT2D eigenvalue weighted by molar-refractivity contribution is 7.95. The molecule has 4 nitrogen and oxygen atoms in total. The Morgan fingerprint density at radius 1 is 1.28 bits per heavy atom. The zero-order valence-electron chi connectivity index (χ0n) is 18.1. The molecule has 2 aliphatic heterocycles. The van der Waals surface area contributed by atoms with Crippen molar-refractivity contribution in [1.29, 1.82) is 0 Å². The van der Waals surface area contributed by atoms with Gasteiger partial charge in [-0.1, -0.05) is 35.9 Å². The van der Waals surface area contributed by atoms with Crippen molar-refractivity contribution in [3.05, 3.63) is 47.0 Å². The molecule has 0 radical (unpaired) electrons. The van der Waals surface area contributed by atoms with Crippen molar-refractivity contribution in [2.75, 3.05) is 12.9 Å². The molecule has 1 saturated heterocycles. The highest BCUT2D eigenvalue weighted by Gasteiger charge is 2.68. The van der Waals surface area contributed by atoms with Gasteiger partial charge in [0.25, 0.3) is 0 Å². The Kier molecular flexibility index (Phi) is 5.91. The van der Waals surface area contributed by atoms with Gasteiger partial charge in [0.15, 0.2) is 0 Å². The van der Waals surface area contributed by atoms with E-state index in [1.165, 1.54) is 16.7 Å². The molecule has 160 valence electrons. The predicted molar refractivity (Wildman–Crippen MR) is 118 cm³/mol. The summed E-state index contributed by atoms with van der Waals surface area (Å²) in [5.74, 6) is 2.62. The van der Waals surface area contributed by atoms with Crippen molar-refractivity contribution in [3.8, 4) is 0 Å². The maximum absolute atomic E-state index is 12.0. The van der Waals surface area contributed by atoms with E-state index in [0.29, 0.717) is 12.8 Å². The number of methoxy groups -OCH3 is 1. The molecule has 1 aliphatic carbocycles. The van der Waals surface area contributed by atoms with E-state index in [-0.39, 0.29) is 22.9 Å². The SMILES string of the molecule is CO[C@@H]1[C@H](O)CC[C@](O)(C[S+]2Cc3ccccc3C2)[C@H]1[C@@]1(C)O[C@@H]1CC=C(C)C. The van der Waals surface area contributed by atoms with Crippen LogP contribution in [0, 0.1) is 5.92 Å². The average Bonchev–Trinajstić information content (AvgIpc) is 3.15. The molecule has 0 spiro atoms. The molecule has 0 unspecified atom stereocenters. The summed E-state index contributed by atoms with van der Waals surface area (Å²) in [7, 11) is 1.76. The number of aliphatic hydroxyl groups is 2. The van der Waals surface area contributed by atoms with Crippen molar-refractivity contribution in [2.24, 2.45) is 5.92 Å². The Bertz CT molecular complexity index is 751. The van der Waals surface area contributed by atoms with Crippen LogP contribution in [-0.2, 0) is 31.9 Å². The number of rotatable bonds is 6. The first-order chi connectivity index (χ1) is 13.8. The van der Waals surface area contributed by atoms with Crippen LogP contribution >= 0.6 is 0 Å². The largest absolute Gasteiger partial charge is 0.390 e. The van der Waals surface area contributed by atoms with Crippen LogP contribution in [0.5, 0.6) is 0 Å². The van der Waals surface area contributed by atoms with Crippen molar-refractivity contribution in [3.63, 3.8) is 0 Å². The maximum Gasteiger partial charge on any atom is 0.137 e. The number of benzene rings is 1. The molecule has 6 atom stereocenters. The molecular weight excluding hydrogens is 384 g/mol. The Labute approximate surface area is 177 Å². The van der Waals surface area contributed by atoms with Crippen molar-refractivity contribution < 1.29 is 19.7 Å². The van der Waals surface area contributed by atoms with Crippen molar-refractivity contribution in [1.82, 2.24) is 0 Å². The number of ether oxygens (including phenoxy) is 2. The quantitative estimate of drug-likeness (QED) is 0.422. The summed E-state index contributed by atoms with van der Waals surface area (Å²) in [4.78, 5) is 0. The van der Waals surface area contributed by atoms with Gasteiger partial charge in [-0.3, -0.25) is 0 Å².